The van der Waals surface area contributed by atoms with Gasteiger partial charge in [0.05, 0.1) is 7.11 Å². The molecule has 0 atom stereocenters. The molecule has 0 bridgehead atoms. The number of nitrogens with zero attached hydrogens (tertiary/aromatic N) is 1. The second kappa shape index (κ2) is 5.70. The van der Waals surface area contributed by atoms with Crippen molar-refractivity contribution in [3.8, 4) is 17.4 Å². The molecular weight excluding hydrogens is 272 g/mol. The van der Waals surface area contributed by atoms with Crippen molar-refractivity contribution < 1.29 is 19.0 Å². The van der Waals surface area contributed by atoms with Gasteiger partial charge in [0.25, 0.3) is 5.91 Å². The van der Waals surface area contributed by atoms with Crippen molar-refractivity contribution in [3.63, 3.8) is 0 Å². The number of benzene rings is 1. The maximum Gasteiger partial charge on any atom is 0.270 e. The van der Waals surface area contributed by atoms with E-state index in [0.29, 0.717) is 23.9 Å². The molecule has 1 amide bonds. The number of aromatic nitrogens is 1. The quantitative estimate of drug-likeness (QED) is 0.927. The van der Waals surface area contributed by atoms with Gasteiger partial charge < -0.3 is 19.5 Å². The molecule has 1 aromatic heterocycles. The Kier molecular flexibility index (Phi) is 3.59. The summed E-state index contributed by atoms with van der Waals surface area (Å²) in [6.07, 6.45) is 0. The van der Waals surface area contributed by atoms with Gasteiger partial charge in [-0.3, -0.25) is 4.79 Å². The van der Waals surface area contributed by atoms with Gasteiger partial charge in [0.1, 0.15) is 5.69 Å². The standard InChI is InChI=1S/C15H14N2O4/c1-19-14-4-2-3-11(17-14)15(18)16-8-10-5-6-12-13(7-10)21-9-20-12/h2-7H,8-9H2,1H3,(H,16,18). The van der Waals surface area contributed by atoms with Crippen LogP contribution in [0.4, 0.5) is 0 Å². The van der Waals surface area contributed by atoms with Crippen LogP contribution in [0.5, 0.6) is 17.4 Å². The van der Waals surface area contributed by atoms with E-state index < -0.39 is 0 Å². The first-order valence-corrected chi connectivity index (χ1v) is 6.44. The Morgan fingerprint density at radius 1 is 1.29 bits per heavy atom. The zero-order chi connectivity index (χ0) is 14.7. The van der Waals surface area contributed by atoms with Gasteiger partial charge in [-0.15, -0.1) is 0 Å². The molecule has 0 radical (unpaired) electrons. The zero-order valence-corrected chi connectivity index (χ0v) is 11.5. The minimum atomic E-state index is -0.258. The molecule has 0 aliphatic carbocycles. The lowest BCUT2D eigenvalue weighted by Crippen LogP contribution is -2.23. The van der Waals surface area contributed by atoms with Crippen LogP contribution in [0.2, 0.25) is 0 Å². The van der Waals surface area contributed by atoms with E-state index in [9.17, 15) is 4.79 Å². The number of hydrogen-bond donors (Lipinski definition) is 1. The summed E-state index contributed by atoms with van der Waals surface area (Å²) in [4.78, 5) is 16.1. The van der Waals surface area contributed by atoms with E-state index in [-0.39, 0.29) is 12.7 Å². The molecule has 1 aliphatic rings. The number of nitrogens with one attached hydrogen (secondary N) is 1. The SMILES string of the molecule is COc1cccc(C(=O)NCc2ccc3c(c2)OCO3)n1. The van der Waals surface area contributed by atoms with Crippen molar-refractivity contribution in [1.29, 1.82) is 0 Å². The predicted molar refractivity (Wildman–Crippen MR) is 74.5 cm³/mol. The molecule has 1 aromatic carbocycles. The minimum Gasteiger partial charge on any atom is -0.481 e. The molecule has 0 saturated carbocycles. The largest absolute Gasteiger partial charge is 0.481 e. The van der Waals surface area contributed by atoms with Crippen LogP contribution in [0.1, 0.15) is 16.1 Å². The summed E-state index contributed by atoms with van der Waals surface area (Å²) in [7, 11) is 1.51. The third-order valence-corrected chi connectivity index (χ3v) is 3.06. The van der Waals surface area contributed by atoms with Gasteiger partial charge in [-0.05, 0) is 23.8 Å². The molecule has 108 valence electrons. The Morgan fingerprint density at radius 3 is 3.00 bits per heavy atom. The average molecular weight is 286 g/mol. The third kappa shape index (κ3) is 2.89. The van der Waals surface area contributed by atoms with Crippen LogP contribution in [-0.4, -0.2) is 24.8 Å². The molecule has 1 aliphatic heterocycles. The van der Waals surface area contributed by atoms with E-state index in [1.165, 1.54) is 7.11 Å². The number of carbonyl (C=O) groups is 1. The monoisotopic (exact) mass is 286 g/mol. The Morgan fingerprint density at radius 2 is 2.14 bits per heavy atom. The van der Waals surface area contributed by atoms with E-state index in [2.05, 4.69) is 10.3 Å². The molecule has 2 aromatic rings. The van der Waals surface area contributed by atoms with Crippen LogP contribution < -0.4 is 19.5 Å². The third-order valence-electron chi connectivity index (χ3n) is 3.06. The summed E-state index contributed by atoms with van der Waals surface area (Å²) in [5, 5.41) is 2.80. The second-order valence-electron chi connectivity index (χ2n) is 4.44. The van der Waals surface area contributed by atoms with Crippen LogP contribution in [0, 0.1) is 0 Å². The molecule has 2 heterocycles. The van der Waals surface area contributed by atoms with E-state index in [4.69, 9.17) is 14.2 Å². The number of rotatable bonds is 4. The molecule has 0 spiro atoms. The summed E-state index contributed by atoms with van der Waals surface area (Å²) in [5.41, 5.74) is 1.24. The lowest BCUT2D eigenvalue weighted by molar-refractivity contribution is 0.0945. The molecule has 6 heteroatoms. The maximum absolute atomic E-state index is 12.0. The number of pyridine rings is 1. The van der Waals surface area contributed by atoms with Crippen LogP contribution in [0.15, 0.2) is 36.4 Å². The predicted octanol–water partition coefficient (Wildman–Crippen LogP) is 1.75. The van der Waals surface area contributed by atoms with E-state index in [0.717, 1.165) is 11.3 Å². The number of amides is 1. The number of ether oxygens (including phenoxy) is 3. The summed E-state index contributed by atoms with van der Waals surface area (Å²) in [5.74, 6) is 1.57. The molecule has 0 unspecified atom stereocenters. The lowest BCUT2D eigenvalue weighted by atomic mass is 10.2. The van der Waals surface area contributed by atoms with Gasteiger partial charge in [0.15, 0.2) is 11.5 Å². The fraction of sp³-hybridized carbons (Fsp3) is 0.200. The van der Waals surface area contributed by atoms with Crippen molar-refractivity contribution in [3.05, 3.63) is 47.7 Å². The van der Waals surface area contributed by atoms with Crippen LogP contribution in [-0.2, 0) is 6.54 Å². The first-order chi connectivity index (χ1) is 10.3. The lowest BCUT2D eigenvalue weighted by Gasteiger charge is -2.06. The van der Waals surface area contributed by atoms with Crippen molar-refractivity contribution in [2.24, 2.45) is 0 Å². The number of fused-ring (bicyclic) bond motifs is 1. The highest BCUT2D eigenvalue weighted by Crippen LogP contribution is 2.32. The number of methoxy groups -OCH3 is 1. The molecule has 0 saturated heterocycles. The average Bonchev–Trinajstić information content (AvgIpc) is 3.00. The maximum atomic E-state index is 12.0. The zero-order valence-electron chi connectivity index (χ0n) is 11.5. The Bertz CT molecular complexity index is 672. The highest BCUT2D eigenvalue weighted by atomic mass is 16.7. The molecule has 21 heavy (non-hydrogen) atoms. The van der Waals surface area contributed by atoms with Gasteiger partial charge in [-0.2, -0.15) is 0 Å². The van der Waals surface area contributed by atoms with Gasteiger partial charge in [-0.25, -0.2) is 4.98 Å². The minimum absolute atomic E-state index is 0.235. The van der Waals surface area contributed by atoms with Crippen LogP contribution in [0.3, 0.4) is 0 Å². The fourth-order valence-corrected chi connectivity index (χ4v) is 1.98. The number of hydrogen-bond acceptors (Lipinski definition) is 5. The van der Waals surface area contributed by atoms with E-state index >= 15 is 0 Å². The normalized spacial score (nSPS) is 12.0. The number of carbonyl (C=O) groups excluding carboxylic acids is 1. The van der Waals surface area contributed by atoms with Crippen molar-refractivity contribution in [1.82, 2.24) is 10.3 Å². The van der Waals surface area contributed by atoms with Crippen LogP contribution in [0.25, 0.3) is 0 Å². The molecule has 0 fully saturated rings. The highest BCUT2D eigenvalue weighted by Gasteiger charge is 2.14. The smallest absolute Gasteiger partial charge is 0.270 e. The first-order valence-electron chi connectivity index (χ1n) is 6.44. The molecule has 6 nitrogen and oxygen atoms in total. The molecule has 3 rings (SSSR count). The van der Waals surface area contributed by atoms with E-state index in [1.54, 1.807) is 18.2 Å². The topological polar surface area (TPSA) is 69.7 Å². The van der Waals surface area contributed by atoms with Crippen LogP contribution >= 0.6 is 0 Å². The summed E-state index contributed by atoms with van der Waals surface area (Å²) < 4.78 is 15.5. The van der Waals surface area contributed by atoms with Gasteiger partial charge in [-0.1, -0.05) is 12.1 Å². The van der Waals surface area contributed by atoms with Gasteiger partial charge in [0, 0.05) is 12.6 Å². The Hall–Kier alpha value is -2.76. The fourth-order valence-electron chi connectivity index (χ4n) is 1.98. The highest BCUT2D eigenvalue weighted by molar-refractivity contribution is 5.92. The first kappa shape index (κ1) is 13.2. The Balaban J connectivity index is 1.65. The molecular formula is C15H14N2O4. The van der Waals surface area contributed by atoms with Crippen molar-refractivity contribution in [2.75, 3.05) is 13.9 Å². The van der Waals surface area contributed by atoms with Gasteiger partial charge >= 0.3 is 0 Å². The summed E-state index contributed by atoms with van der Waals surface area (Å²) >= 11 is 0. The molecule has 1 N–H and O–H groups in total. The van der Waals surface area contributed by atoms with Crippen molar-refractivity contribution >= 4 is 5.91 Å². The second-order valence-corrected chi connectivity index (χ2v) is 4.44. The van der Waals surface area contributed by atoms with Crippen molar-refractivity contribution in [2.45, 2.75) is 6.54 Å². The summed E-state index contributed by atoms with van der Waals surface area (Å²) in [6.45, 7) is 0.618. The van der Waals surface area contributed by atoms with Gasteiger partial charge in [0.2, 0.25) is 12.7 Å². The van der Waals surface area contributed by atoms with E-state index in [1.807, 2.05) is 18.2 Å². The Labute approximate surface area is 121 Å². The summed E-state index contributed by atoms with van der Waals surface area (Å²) in [6, 6.07) is 10.6.